The Morgan fingerprint density at radius 3 is 2.80 bits per heavy atom. The summed E-state index contributed by atoms with van der Waals surface area (Å²) in [5.41, 5.74) is 1.77. The summed E-state index contributed by atoms with van der Waals surface area (Å²) >= 11 is 0. The van der Waals surface area contributed by atoms with Crippen molar-refractivity contribution >= 4 is 17.4 Å². The van der Waals surface area contributed by atoms with Crippen molar-refractivity contribution in [1.82, 2.24) is 19.6 Å². The molecule has 3 heterocycles. The van der Waals surface area contributed by atoms with Crippen LogP contribution in [0.2, 0.25) is 0 Å². The van der Waals surface area contributed by atoms with Gasteiger partial charge in [0.25, 0.3) is 0 Å². The van der Waals surface area contributed by atoms with E-state index in [1.165, 1.54) is 10.6 Å². The summed E-state index contributed by atoms with van der Waals surface area (Å²) in [6, 6.07) is 8.73. The van der Waals surface area contributed by atoms with Crippen molar-refractivity contribution in [1.29, 1.82) is 0 Å². The second-order valence-corrected chi connectivity index (χ2v) is 4.10. The molecule has 0 unspecified atom stereocenters. The van der Waals surface area contributed by atoms with E-state index < -0.39 is 5.97 Å². The molecular formula is C13H11N5O2. The lowest BCUT2D eigenvalue weighted by atomic mass is 10.2. The standard InChI is InChI=1S/C13H11N5O2/c1-14-11-6-9(8-4-2-3-5-15-8)16-12-7-10(13(19)20)17-18(11)12/h2-7,14H,1H3,(H,19,20). The van der Waals surface area contributed by atoms with Gasteiger partial charge in [-0.3, -0.25) is 4.98 Å². The summed E-state index contributed by atoms with van der Waals surface area (Å²) in [6.45, 7) is 0. The number of fused-ring (bicyclic) bond motifs is 1. The highest BCUT2D eigenvalue weighted by molar-refractivity contribution is 5.87. The SMILES string of the molecule is CNc1cc(-c2ccccn2)nc2cc(C(=O)O)nn12. The molecule has 0 aliphatic carbocycles. The van der Waals surface area contributed by atoms with Gasteiger partial charge in [-0.25, -0.2) is 9.78 Å². The van der Waals surface area contributed by atoms with Crippen molar-refractivity contribution in [3.8, 4) is 11.4 Å². The average Bonchev–Trinajstić information content (AvgIpc) is 2.91. The van der Waals surface area contributed by atoms with Gasteiger partial charge in [0.05, 0.1) is 11.4 Å². The van der Waals surface area contributed by atoms with E-state index in [0.29, 0.717) is 22.9 Å². The molecule has 7 nitrogen and oxygen atoms in total. The Balaban J connectivity index is 2.24. The molecule has 0 bridgehead atoms. The lowest BCUT2D eigenvalue weighted by Crippen LogP contribution is -2.03. The molecule has 0 aliphatic rings. The Kier molecular flexibility index (Phi) is 2.79. The third-order valence-electron chi connectivity index (χ3n) is 2.83. The van der Waals surface area contributed by atoms with Crippen LogP contribution in [0.25, 0.3) is 17.0 Å². The summed E-state index contributed by atoms with van der Waals surface area (Å²) in [5.74, 6) is -0.444. The van der Waals surface area contributed by atoms with Crippen LogP contribution >= 0.6 is 0 Å². The molecule has 3 aromatic heterocycles. The second-order valence-electron chi connectivity index (χ2n) is 4.10. The van der Waals surface area contributed by atoms with Crippen LogP contribution in [0.1, 0.15) is 10.5 Å². The summed E-state index contributed by atoms with van der Waals surface area (Å²) in [4.78, 5) is 19.6. The van der Waals surface area contributed by atoms with Crippen LogP contribution in [-0.2, 0) is 0 Å². The zero-order chi connectivity index (χ0) is 14.1. The molecule has 3 rings (SSSR count). The van der Waals surface area contributed by atoms with Crippen LogP contribution in [-0.4, -0.2) is 37.7 Å². The maximum Gasteiger partial charge on any atom is 0.356 e. The van der Waals surface area contributed by atoms with E-state index >= 15 is 0 Å². The summed E-state index contributed by atoms with van der Waals surface area (Å²) in [7, 11) is 1.74. The molecule has 2 N–H and O–H groups in total. The van der Waals surface area contributed by atoms with Gasteiger partial charge in [0.2, 0.25) is 0 Å². The van der Waals surface area contributed by atoms with Crippen LogP contribution in [0.15, 0.2) is 36.5 Å². The van der Waals surface area contributed by atoms with Crippen LogP contribution in [0.4, 0.5) is 5.82 Å². The topological polar surface area (TPSA) is 92.4 Å². The minimum Gasteiger partial charge on any atom is -0.476 e. The van der Waals surface area contributed by atoms with E-state index in [1.807, 2.05) is 18.2 Å². The quantitative estimate of drug-likeness (QED) is 0.749. The largest absolute Gasteiger partial charge is 0.476 e. The van der Waals surface area contributed by atoms with E-state index in [-0.39, 0.29) is 5.69 Å². The van der Waals surface area contributed by atoms with Gasteiger partial charge < -0.3 is 10.4 Å². The first-order chi connectivity index (χ1) is 9.69. The fourth-order valence-electron chi connectivity index (χ4n) is 1.90. The number of rotatable bonds is 3. The maximum atomic E-state index is 11.0. The monoisotopic (exact) mass is 269 g/mol. The number of anilines is 1. The highest BCUT2D eigenvalue weighted by Gasteiger charge is 2.14. The normalized spacial score (nSPS) is 10.7. The number of hydrogen-bond donors (Lipinski definition) is 2. The maximum absolute atomic E-state index is 11.0. The molecule has 7 heteroatoms. The van der Waals surface area contributed by atoms with Crippen LogP contribution in [0.5, 0.6) is 0 Å². The Morgan fingerprint density at radius 2 is 2.15 bits per heavy atom. The van der Waals surface area contributed by atoms with Gasteiger partial charge in [-0.2, -0.15) is 9.61 Å². The van der Waals surface area contributed by atoms with E-state index in [9.17, 15) is 4.79 Å². The molecule has 0 aromatic carbocycles. The second kappa shape index (κ2) is 4.61. The molecule has 0 aliphatic heterocycles. The Morgan fingerprint density at radius 1 is 1.30 bits per heavy atom. The van der Waals surface area contributed by atoms with Gasteiger partial charge in [-0.15, -0.1) is 0 Å². The lowest BCUT2D eigenvalue weighted by Gasteiger charge is -2.06. The van der Waals surface area contributed by atoms with Crippen LogP contribution in [0.3, 0.4) is 0 Å². The average molecular weight is 269 g/mol. The minimum absolute atomic E-state index is 0.0489. The molecule has 0 radical (unpaired) electrons. The lowest BCUT2D eigenvalue weighted by molar-refractivity contribution is 0.0690. The Hall–Kier alpha value is -2.96. The van der Waals surface area contributed by atoms with Crippen molar-refractivity contribution in [2.45, 2.75) is 0 Å². The van der Waals surface area contributed by atoms with Gasteiger partial charge in [-0.1, -0.05) is 6.07 Å². The van der Waals surface area contributed by atoms with Crippen molar-refractivity contribution in [3.63, 3.8) is 0 Å². The molecule has 0 amide bonds. The number of carbonyl (C=O) groups is 1. The smallest absolute Gasteiger partial charge is 0.356 e. The van der Waals surface area contributed by atoms with E-state index in [4.69, 9.17) is 5.11 Å². The zero-order valence-electron chi connectivity index (χ0n) is 10.6. The van der Waals surface area contributed by atoms with E-state index in [0.717, 1.165) is 0 Å². The van der Waals surface area contributed by atoms with Gasteiger partial charge in [0.1, 0.15) is 5.82 Å². The summed E-state index contributed by atoms with van der Waals surface area (Å²) in [5, 5.41) is 16.0. The van der Waals surface area contributed by atoms with E-state index in [2.05, 4.69) is 20.4 Å². The van der Waals surface area contributed by atoms with Crippen molar-refractivity contribution in [2.24, 2.45) is 0 Å². The third kappa shape index (κ3) is 1.95. The molecule has 0 atom stereocenters. The van der Waals surface area contributed by atoms with Crippen LogP contribution in [0, 0.1) is 0 Å². The number of carboxylic acids is 1. The number of pyridine rings is 1. The first kappa shape index (κ1) is 12.1. The number of nitrogens with one attached hydrogen (secondary N) is 1. The van der Waals surface area contributed by atoms with Crippen LogP contribution < -0.4 is 5.32 Å². The number of nitrogens with zero attached hydrogens (tertiary/aromatic N) is 4. The molecule has 0 saturated heterocycles. The van der Waals surface area contributed by atoms with Gasteiger partial charge in [-0.05, 0) is 12.1 Å². The van der Waals surface area contributed by atoms with Gasteiger partial charge >= 0.3 is 5.97 Å². The summed E-state index contributed by atoms with van der Waals surface area (Å²) in [6.07, 6.45) is 1.68. The number of aromatic carboxylic acids is 1. The molecular weight excluding hydrogens is 258 g/mol. The predicted molar refractivity (Wildman–Crippen MR) is 72.7 cm³/mol. The first-order valence-electron chi connectivity index (χ1n) is 5.92. The molecule has 0 fully saturated rings. The Labute approximate surface area is 113 Å². The zero-order valence-corrected chi connectivity index (χ0v) is 10.6. The molecule has 0 spiro atoms. The minimum atomic E-state index is -1.09. The van der Waals surface area contributed by atoms with Crippen molar-refractivity contribution in [3.05, 3.63) is 42.2 Å². The number of carboxylic acid groups (broad SMARTS) is 1. The fourth-order valence-corrected chi connectivity index (χ4v) is 1.90. The molecule has 100 valence electrons. The van der Waals surface area contributed by atoms with E-state index in [1.54, 1.807) is 19.3 Å². The number of hydrogen-bond acceptors (Lipinski definition) is 5. The van der Waals surface area contributed by atoms with Crippen molar-refractivity contribution < 1.29 is 9.90 Å². The molecule has 20 heavy (non-hydrogen) atoms. The first-order valence-corrected chi connectivity index (χ1v) is 5.92. The number of aromatic nitrogens is 4. The highest BCUT2D eigenvalue weighted by Crippen LogP contribution is 2.20. The van der Waals surface area contributed by atoms with Gasteiger partial charge in [0, 0.05) is 25.4 Å². The fraction of sp³-hybridized carbons (Fsp3) is 0.0769. The molecule has 3 aromatic rings. The van der Waals surface area contributed by atoms with Gasteiger partial charge in [0.15, 0.2) is 11.3 Å². The Bertz CT molecular complexity index is 782. The molecule has 0 saturated carbocycles. The highest BCUT2D eigenvalue weighted by atomic mass is 16.4. The third-order valence-corrected chi connectivity index (χ3v) is 2.83. The van der Waals surface area contributed by atoms with Crippen molar-refractivity contribution in [2.75, 3.05) is 12.4 Å². The predicted octanol–water partition coefficient (Wildman–Crippen LogP) is 1.53. The summed E-state index contributed by atoms with van der Waals surface area (Å²) < 4.78 is 1.45.